The van der Waals surface area contributed by atoms with E-state index in [-0.39, 0.29) is 18.2 Å². The average Bonchev–Trinajstić information content (AvgIpc) is 3.06. The number of benzene rings is 2. The van der Waals surface area contributed by atoms with E-state index in [9.17, 15) is 22.4 Å². The Kier molecular flexibility index (Phi) is 4.33. The number of fused-ring (bicyclic) bond motifs is 1. The number of rotatable bonds is 2. The summed E-state index contributed by atoms with van der Waals surface area (Å²) in [6.07, 6.45) is -4.66. The van der Waals surface area contributed by atoms with Crippen molar-refractivity contribution in [2.75, 3.05) is 11.9 Å². The van der Waals surface area contributed by atoms with Gasteiger partial charge in [0.1, 0.15) is 11.6 Å². The van der Waals surface area contributed by atoms with Crippen molar-refractivity contribution in [2.24, 2.45) is 0 Å². The number of anilines is 1. The van der Waals surface area contributed by atoms with Crippen LogP contribution in [-0.2, 0) is 11.0 Å². The van der Waals surface area contributed by atoms with E-state index < -0.39 is 17.7 Å². The Bertz CT molecular complexity index is 1140. The largest absolute Gasteiger partial charge is 0.481 e. The molecule has 4 rings (SSSR count). The molecule has 0 aliphatic carbocycles. The lowest BCUT2D eigenvalue weighted by molar-refractivity contribution is -0.141. The highest BCUT2D eigenvalue weighted by Gasteiger charge is 2.35. The van der Waals surface area contributed by atoms with Gasteiger partial charge >= 0.3 is 6.18 Å². The van der Waals surface area contributed by atoms with Crippen LogP contribution >= 0.6 is 0 Å². The third-order valence-electron chi connectivity index (χ3n) is 4.58. The minimum atomic E-state index is -4.66. The van der Waals surface area contributed by atoms with Crippen LogP contribution in [0.3, 0.4) is 0 Å². The van der Waals surface area contributed by atoms with Crippen LogP contribution in [0.15, 0.2) is 36.4 Å². The zero-order valence-electron chi connectivity index (χ0n) is 15.4. The molecule has 0 spiro atoms. The molecule has 1 aromatic heterocycles. The lowest BCUT2D eigenvalue weighted by Gasteiger charge is -2.21. The van der Waals surface area contributed by atoms with Crippen molar-refractivity contribution in [3.8, 4) is 22.7 Å². The van der Waals surface area contributed by atoms with Crippen molar-refractivity contribution in [3.63, 3.8) is 0 Å². The number of hydrogen-bond donors (Lipinski definition) is 1. The predicted octanol–water partition coefficient (Wildman–Crippen LogP) is 4.64. The van der Waals surface area contributed by atoms with Crippen LogP contribution in [0.2, 0.25) is 0 Å². The Balaban J connectivity index is 1.94. The van der Waals surface area contributed by atoms with Gasteiger partial charge in [-0.15, -0.1) is 0 Å². The molecule has 29 heavy (non-hydrogen) atoms. The summed E-state index contributed by atoms with van der Waals surface area (Å²) in [5.41, 5.74) is 1.23. The molecule has 0 atom stereocenters. The van der Waals surface area contributed by atoms with Crippen LogP contribution < -0.4 is 10.1 Å². The lowest BCUT2D eigenvalue weighted by atomic mass is 10.0. The molecule has 0 radical (unpaired) electrons. The predicted molar refractivity (Wildman–Crippen MR) is 97.6 cm³/mol. The highest BCUT2D eigenvalue weighted by molar-refractivity contribution is 5.96. The number of nitrogens with zero attached hydrogens (tertiary/aromatic N) is 2. The molecule has 5 nitrogen and oxygen atoms in total. The summed E-state index contributed by atoms with van der Waals surface area (Å²) in [5, 5.41) is 6.39. The molecular formula is C20H15F4N3O2. The van der Waals surface area contributed by atoms with Crippen LogP contribution in [0.5, 0.6) is 5.75 Å². The number of carbonyl (C=O) groups excluding carboxylic acids is 1. The van der Waals surface area contributed by atoms with Crippen LogP contribution in [-0.4, -0.2) is 22.3 Å². The van der Waals surface area contributed by atoms with Crippen molar-refractivity contribution < 1.29 is 27.1 Å². The number of ether oxygens (including phenoxy) is 1. The lowest BCUT2D eigenvalue weighted by Crippen LogP contribution is -2.25. The first-order valence-corrected chi connectivity index (χ1v) is 8.65. The summed E-state index contributed by atoms with van der Waals surface area (Å²) in [6, 6.07) is 7.87. The molecular weight excluding hydrogens is 390 g/mol. The van der Waals surface area contributed by atoms with Crippen LogP contribution in [0.1, 0.15) is 16.8 Å². The molecule has 1 N–H and O–H groups in total. The van der Waals surface area contributed by atoms with E-state index in [1.807, 2.05) is 0 Å². The summed E-state index contributed by atoms with van der Waals surface area (Å²) in [5.74, 6) is -0.387. The molecule has 1 aliphatic rings. The number of carbonyl (C=O) groups is 1. The van der Waals surface area contributed by atoms with Crippen molar-refractivity contribution in [1.29, 1.82) is 0 Å². The van der Waals surface area contributed by atoms with Gasteiger partial charge in [0, 0.05) is 5.56 Å². The maximum absolute atomic E-state index is 13.5. The molecule has 3 aromatic rings. The van der Waals surface area contributed by atoms with Crippen molar-refractivity contribution in [3.05, 3.63) is 59.0 Å². The molecule has 0 saturated carbocycles. The first-order chi connectivity index (χ1) is 13.6. The Morgan fingerprint density at radius 2 is 1.86 bits per heavy atom. The standard InChI is InChI=1S/C20H15F4N3O2/c1-10-6-13(21)3-4-15(10)27-16(8-17(26-27)20(22,23)24)12-5-11(2)19-14(7-12)25-18(28)9-29-19/h3-8H,9H2,1-2H3,(H,25,28). The smallest absolute Gasteiger partial charge is 0.435 e. The molecule has 9 heteroatoms. The van der Waals surface area contributed by atoms with E-state index in [0.29, 0.717) is 33.8 Å². The Morgan fingerprint density at radius 3 is 2.55 bits per heavy atom. The number of hydrogen-bond acceptors (Lipinski definition) is 3. The van der Waals surface area contributed by atoms with E-state index in [2.05, 4.69) is 10.4 Å². The second kappa shape index (κ2) is 6.61. The summed E-state index contributed by atoms with van der Waals surface area (Å²) >= 11 is 0. The third-order valence-corrected chi connectivity index (χ3v) is 4.58. The molecule has 1 amide bonds. The van der Waals surface area contributed by atoms with Gasteiger partial charge in [0.25, 0.3) is 5.91 Å². The van der Waals surface area contributed by atoms with Crippen molar-refractivity contribution in [1.82, 2.24) is 9.78 Å². The van der Waals surface area contributed by atoms with Gasteiger partial charge in [-0.3, -0.25) is 4.79 Å². The number of aryl methyl sites for hydroxylation is 2. The highest BCUT2D eigenvalue weighted by Crippen LogP contribution is 2.39. The Labute approximate surface area is 162 Å². The second-order valence-electron chi connectivity index (χ2n) is 6.76. The van der Waals surface area contributed by atoms with Crippen molar-refractivity contribution in [2.45, 2.75) is 20.0 Å². The fraction of sp³-hybridized carbons (Fsp3) is 0.200. The van der Waals surface area contributed by atoms with Gasteiger partial charge in [-0.2, -0.15) is 18.3 Å². The van der Waals surface area contributed by atoms with E-state index in [1.54, 1.807) is 19.9 Å². The molecule has 0 saturated heterocycles. The number of amides is 1. The summed E-state index contributed by atoms with van der Waals surface area (Å²) in [7, 11) is 0. The first kappa shape index (κ1) is 19.0. The van der Waals surface area contributed by atoms with Crippen molar-refractivity contribution >= 4 is 11.6 Å². The molecule has 150 valence electrons. The van der Waals surface area contributed by atoms with Gasteiger partial charge in [-0.1, -0.05) is 0 Å². The average molecular weight is 405 g/mol. The summed E-state index contributed by atoms with van der Waals surface area (Å²) < 4.78 is 60.1. The summed E-state index contributed by atoms with van der Waals surface area (Å²) in [4.78, 5) is 11.6. The van der Waals surface area contributed by atoms with Gasteiger partial charge < -0.3 is 10.1 Å². The minimum absolute atomic E-state index is 0.127. The Morgan fingerprint density at radius 1 is 1.10 bits per heavy atom. The van der Waals surface area contributed by atoms with E-state index in [0.717, 1.165) is 16.8 Å². The van der Waals surface area contributed by atoms with Crippen LogP contribution in [0.4, 0.5) is 23.2 Å². The van der Waals surface area contributed by atoms with Crippen LogP contribution in [0, 0.1) is 19.7 Å². The topological polar surface area (TPSA) is 56.2 Å². The quantitative estimate of drug-likeness (QED) is 0.632. The molecule has 0 fully saturated rings. The van der Waals surface area contributed by atoms with Gasteiger partial charge in [0.15, 0.2) is 12.3 Å². The number of halogens is 4. The zero-order chi connectivity index (χ0) is 20.9. The molecule has 1 aliphatic heterocycles. The number of aromatic nitrogens is 2. The van der Waals surface area contributed by atoms with E-state index in [4.69, 9.17) is 4.74 Å². The Hall–Kier alpha value is -3.36. The van der Waals surface area contributed by atoms with Gasteiger partial charge in [-0.05, 0) is 61.4 Å². The van der Waals surface area contributed by atoms with Gasteiger partial charge in [0.2, 0.25) is 0 Å². The maximum Gasteiger partial charge on any atom is 0.435 e. The monoisotopic (exact) mass is 405 g/mol. The SMILES string of the molecule is Cc1cc(F)ccc1-n1nc(C(F)(F)F)cc1-c1cc(C)c2c(c1)NC(=O)CO2. The fourth-order valence-electron chi connectivity index (χ4n) is 3.30. The molecule has 0 bridgehead atoms. The summed E-state index contributed by atoms with van der Waals surface area (Å²) in [6.45, 7) is 3.19. The normalized spacial score (nSPS) is 13.7. The minimum Gasteiger partial charge on any atom is -0.481 e. The van der Waals surface area contributed by atoms with Gasteiger partial charge in [0.05, 0.1) is 17.1 Å². The maximum atomic E-state index is 13.5. The second-order valence-corrected chi connectivity index (χ2v) is 6.76. The first-order valence-electron chi connectivity index (χ1n) is 8.65. The molecule has 2 heterocycles. The highest BCUT2D eigenvalue weighted by atomic mass is 19.4. The zero-order valence-corrected chi connectivity index (χ0v) is 15.4. The number of nitrogens with one attached hydrogen (secondary N) is 1. The third kappa shape index (κ3) is 3.43. The van der Waals surface area contributed by atoms with Gasteiger partial charge in [-0.25, -0.2) is 9.07 Å². The fourth-order valence-corrected chi connectivity index (χ4v) is 3.30. The van der Waals surface area contributed by atoms with E-state index in [1.165, 1.54) is 18.2 Å². The molecule has 2 aromatic carbocycles. The van der Waals surface area contributed by atoms with Crippen LogP contribution in [0.25, 0.3) is 16.9 Å². The van der Waals surface area contributed by atoms with E-state index >= 15 is 0 Å². The molecule has 0 unspecified atom stereocenters. The number of alkyl halides is 3.